The predicted octanol–water partition coefficient (Wildman–Crippen LogP) is 1.03. The Labute approximate surface area is 96.5 Å². The van der Waals surface area contributed by atoms with Crippen molar-refractivity contribution in [2.45, 2.75) is 4.90 Å². The number of imidazole rings is 1. The van der Waals surface area contributed by atoms with Crippen LogP contribution in [0.25, 0.3) is 0 Å². The van der Waals surface area contributed by atoms with Crippen molar-refractivity contribution >= 4 is 15.7 Å². The Morgan fingerprint density at radius 2 is 2.12 bits per heavy atom. The molecule has 7 nitrogen and oxygen atoms in total. The van der Waals surface area contributed by atoms with Gasteiger partial charge in [0.15, 0.2) is 0 Å². The monoisotopic (exact) mass is 253 g/mol. The van der Waals surface area contributed by atoms with E-state index in [1.54, 1.807) is 0 Å². The maximum atomic E-state index is 12.0. The minimum atomic E-state index is -3.80. The van der Waals surface area contributed by atoms with Gasteiger partial charge >= 0.3 is 0 Å². The van der Waals surface area contributed by atoms with E-state index in [9.17, 15) is 18.5 Å². The van der Waals surface area contributed by atoms with Crippen molar-refractivity contribution < 1.29 is 13.3 Å². The summed E-state index contributed by atoms with van der Waals surface area (Å²) in [5.74, 6) is 0. The SMILES string of the molecule is O=[N+]([O-])c1cccc(S(=O)(=O)n2ccnc2)c1. The molecule has 1 heterocycles. The van der Waals surface area contributed by atoms with Crippen LogP contribution in [0, 0.1) is 10.1 Å². The highest BCUT2D eigenvalue weighted by molar-refractivity contribution is 7.90. The predicted molar refractivity (Wildman–Crippen MR) is 57.9 cm³/mol. The van der Waals surface area contributed by atoms with Gasteiger partial charge in [-0.3, -0.25) is 10.1 Å². The fourth-order valence-corrected chi connectivity index (χ4v) is 2.43. The third-order valence-corrected chi connectivity index (χ3v) is 3.70. The van der Waals surface area contributed by atoms with Crippen LogP contribution < -0.4 is 0 Å². The Balaban J connectivity index is 2.55. The Kier molecular flexibility index (Phi) is 2.64. The fraction of sp³-hybridized carbons (Fsp3) is 0. The molecule has 0 N–H and O–H groups in total. The molecular weight excluding hydrogens is 246 g/mol. The minimum Gasteiger partial charge on any atom is -0.258 e. The average Bonchev–Trinajstić information content (AvgIpc) is 2.83. The molecule has 1 aromatic heterocycles. The molecule has 8 heteroatoms. The van der Waals surface area contributed by atoms with Crippen LogP contribution in [0.15, 0.2) is 47.9 Å². The van der Waals surface area contributed by atoms with Crippen molar-refractivity contribution in [3.63, 3.8) is 0 Å². The van der Waals surface area contributed by atoms with Gasteiger partial charge in [-0.05, 0) is 6.07 Å². The van der Waals surface area contributed by atoms with Gasteiger partial charge < -0.3 is 0 Å². The van der Waals surface area contributed by atoms with Crippen LogP contribution >= 0.6 is 0 Å². The Bertz CT molecular complexity index is 649. The molecule has 0 atom stereocenters. The van der Waals surface area contributed by atoms with Crippen LogP contribution in [-0.2, 0) is 10.0 Å². The summed E-state index contributed by atoms with van der Waals surface area (Å²) in [6.45, 7) is 0. The van der Waals surface area contributed by atoms with E-state index in [2.05, 4.69) is 4.98 Å². The molecule has 2 aromatic rings. The van der Waals surface area contributed by atoms with Crippen LogP contribution in [0.5, 0.6) is 0 Å². The fourth-order valence-electron chi connectivity index (χ4n) is 1.27. The Hall–Kier alpha value is -2.22. The summed E-state index contributed by atoms with van der Waals surface area (Å²) in [6, 6.07) is 4.85. The van der Waals surface area contributed by atoms with Gasteiger partial charge in [-0.2, -0.15) is 0 Å². The van der Waals surface area contributed by atoms with E-state index in [1.165, 1.54) is 30.6 Å². The first kappa shape index (κ1) is 11.3. The van der Waals surface area contributed by atoms with Crippen molar-refractivity contribution in [2.75, 3.05) is 0 Å². The molecule has 0 aliphatic rings. The van der Waals surface area contributed by atoms with Gasteiger partial charge in [0.05, 0.1) is 9.82 Å². The molecule has 0 radical (unpaired) electrons. The third kappa shape index (κ3) is 2.02. The molecule has 17 heavy (non-hydrogen) atoms. The highest BCUT2D eigenvalue weighted by Crippen LogP contribution is 2.19. The first-order valence-electron chi connectivity index (χ1n) is 4.50. The normalized spacial score (nSPS) is 11.3. The second kappa shape index (κ2) is 3.98. The molecule has 1 aromatic carbocycles. The van der Waals surface area contributed by atoms with Crippen LogP contribution in [0.2, 0.25) is 0 Å². The number of nitro groups is 1. The molecule has 0 saturated heterocycles. The highest BCUT2D eigenvalue weighted by Gasteiger charge is 2.18. The molecule has 88 valence electrons. The Morgan fingerprint density at radius 1 is 1.35 bits per heavy atom. The Morgan fingerprint density at radius 3 is 2.71 bits per heavy atom. The minimum absolute atomic E-state index is 0.148. The van der Waals surface area contributed by atoms with Gasteiger partial charge in [0, 0.05) is 24.5 Å². The number of benzene rings is 1. The van der Waals surface area contributed by atoms with Gasteiger partial charge in [0.25, 0.3) is 15.7 Å². The number of nitro benzene ring substituents is 1. The third-order valence-electron chi connectivity index (χ3n) is 2.08. The highest BCUT2D eigenvalue weighted by atomic mass is 32.2. The van der Waals surface area contributed by atoms with Crippen LogP contribution in [0.1, 0.15) is 0 Å². The quantitative estimate of drug-likeness (QED) is 0.601. The number of hydrogen-bond donors (Lipinski definition) is 0. The van der Waals surface area contributed by atoms with Crippen molar-refractivity contribution in [2.24, 2.45) is 0 Å². The van der Waals surface area contributed by atoms with E-state index in [-0.39, 0.29) is 10.6 Å². The maximum Gasteiger partial charge on any atom is 0.270 e. The average molecular weight is 253 g/mol. The van der Waals surface area contributed by atoms with Crippen LogP contribution in [0.4, 0.5) is 5.69 Å². The van der Waals surface area contributed by atoms with E-state index in [1.807, 2.05) is 0 Å². The second-order valence-corrected chi connectivity index (χ2v) is 5.00. The molecule has 0 aliphatic carbocycles. The molecule has 0 spiro atoms. The van der Waals surface area contributed by atoms with Gasteiger partial charge in [-0.25, -0.2) is 17.4 Å². The van der Waals surface area contributed by atoms with E-state index in [0.29, 0.717) is 0 Å². The molecule has 0 aliphatic heterocycles. The summed E-state index contributed by atoms with van der Waals surface area (Å²) >= 11 is 0. The summed E-state index contributed by atoms with van der Waals surface area (Å²) in [5, 5.41) is 10.6. The summed E-state index contributed by atoms with van der Waals surface area (Å²) in [5.41, 5.74) is -0.272. The first-order chi connectivity index (χ1) is 8.01. The lowest BCUT2D eigenvalue weighted by molar-refractivity contribution is -0.385. The standard InChI is InChI=1S/C9H7N3O4S/c13-12(14)8-2-1-3-9(6-8)17(15,16)11-5-4-10-7-11/h1-7H. The molecular formula is C9H7N3O4S. The smallest absolute Gasteiger partial charge is 0.258 e. The number of non-ortho nitro benzene ring substituents is 1. The van der Waals surface area contributed by atoms with Crippen molar-refractivity contribution in [1.29, 1.82) is 0 Å². The second-order valence-electron chi connectivity index (χ2n) is 3.15. The molecule has 0 saturated carbocycles. The van der Waals surface area contributed by atoms with Crippen molar-refractivity contribution in [1.82, 2.24) is 8.96 Å². The number of aromatic nitrogens is 2. The summed E-state index contributed by atoms with van der Waals surface area (Å²) in [7, 11) is -3.80. The zero-order valence-electron chi connectivity index (χ0n) is 8.42. The van der Waals surface area contributed by atoms with Gasteiger partial charge in [-0.15, -0.1) is 0 Å². The van der Waals surface area contributed by atoms with Crippen molar-refractivity contribution in [3.05, 3.63) is 53.1 Å². The number of hydrogen-bond acceptors (Lipinski definition) is 5. The van der Waals surface area contributed by atoms with Gasteiger partial charge in [0.1, 0.15) is 6.33 Å². The number of nitrogens with zero attached hydrogens (tertiary/aromatic N) is 3. The first-order valence-corrected chi connectivity index (χ1v) is 5.94. The zero-order valence-corrected chi connectivity index (χ0v) is 9.24. The molecule has 2 rings (SSSR count). The molecule has 0 unspecified atom stereocenters. The number of rotatable bonds is 3. The van der Waals surface area contributed by atoms with E-state index >= 15 is 0 Å². The largest absolute Gasteiger partial charge is 0.270 e. The molecule has 0 amide bonds. The zero-order chi connectivity index (χ0) is 12.5. The summed E-state index contributed by atoms with van der Waals surface area (Å²) in [6.07, 6.45) is 3.69. The maximum absolute atomic E-state index is 12.0. The van der Waals surface area contributed by atoms with Crippen LogP contribution in [-0.4, -0.2) is 22.3 Å². The summed E-state index contributed by atoms with van der Waals surface area (Å²) in [4.78, 5) is 13.4. The van der Waals surface area contributed by atoms with E-state index in [4.69, 9.17) is 0 Å². The van der Waals surface area contributed by atoms with Crippen LogP contribution in [0.3, 0.4) is 0 Å². The van der Waals surface area contributed by atoms with Crippen molar-refractivity contribution in [3.8, 4) is 0 Å². The molecule has 0 fully saturated rings. The lowest BCUT2D eigenvalue weighted by atomic mass is 10.3. The lowest BCUT2D eigenvalue weighted by Gasteiger charge is -2.04. The van der Waals surface area contributed by atoms with Gasteiger partial charge in [0.2, 0.25) is 0 Å². The lowest BCUT2D eigenvalue weighted by Crippen LogP contribution is -2.11. The van der Waals surface area contributed by atoms with E-state index < -0.39 is 14.9 Å². The van der Waals surface area contributed by atoms with E-state index in [0.717, 1.165) is 16.4 Å². The van der Waals surface area contributed by atoms with Gasteiger partial charge in [-0.1, -0.05) is 6.07 Å². The topological polar surface area (TPSA) is 95.1 Å². The summed E-state index contributed by atoms with van der Waals surface area (Å²) < 4.78 is 24.8. The molecule has 0 bridgehead atoms.